The van der Waals surface area contributed by atoms with Crippen molar-refractivity contribution in [1.82, 2.24) is 10.6 Å². The van der Waals surface area contributed by atoms with Gasteiger partial charge in [-0.05, 0) is 49.3 Å². The minimum absolute atomic E-state index is 0.0544. The first kappa shape index (κ1) is 14.6. The van der Waals surface area contributed by atoms with Crippen LogP contribution in [0.5, 0.6) is 5.75 Å². The van der Waals surface area contributed by atoms with E-state index in [-0.39, 0.29) is 24.2 Å². The molecule has 4 rings (SSSR count). The van der Waals surface area contributed by atoms with Crippen LogP contribution in [0.3, 0.4) is 0 Å². The first-order chi connectivity index (χ1) is 11.2. The lowest BCUT2D eigenvalue weighted by atomic mass is 9.94. The van der Waals surface area contributed by atoms with Gasteiger partial charge in [0.15, 0.2) is 0 Å². The van der Waals surface area contributed by atoms with Gasteiger partial charge in [-0.15, -0.1) is 11.3 Å². The van der Waals surface area contributed by atoms with E-state index in [4.69, 9.17) is 4.74 Å². The van der Waals surface area contributed by atoms with Crippen molar-refractivity contribution in [2.45, 2.75) is 44.4 Å². The molecule has 120 valence electrons. The highest BCUT2D eigenvalue weighted by molar-refractivity contribution is 7.10. The van der Waals surface area contributed by atoms with E-state index in [2.05, 4.69) is 22.1 Å². The molecule has 0 radical (unpaired) electrons. The number of amides is 2. The van der Waals surface area contributed by atoms with Crippen LogP contribution in [0.25, 0.3) is 0 Å². The van der Waals surface area contributed by atoms with E-state index >= 15 is 0 Å². The van der Waals surface area contributed by atoms with Gasteiger partial charge in [0.1, 0.15) is 11.9 Å². The second-order valence-corrected chi connectivity index (χ2v) is 7.20. The number of aryl methyl sites for hydroxylation is 1. The van der Waals surface area contributed by atoms with Crippen molar-refractivity contribution in [3.05, 3.63) is 51.7 Å². The summed E-state index contributed by atoms with van der Waals surface area (Å²) in [6, 6.07) is 9.94. The summed E-state index contributed by atoms with van der Waals surface area (Å²) in [6.45, 7) is 1.99. The molecule has 2 amide bonds. The fourth-order valence-electron chi connectivity index (χ4n) is 3.54. The van der Waals surface area contributed by atoms with Crippen LogP contribution in [0.15, 0.2) is 35.7 Å². The van der Waals surface area contributed by atoms with E-state index < -0.39 is 0 Å². The van der Waals surface area contributed by atoms with Crippen LogP contribution in [0.2, 0.25) is 0 Å². The number of hydrogen-bond acceptors (Lipinski definition) is 3. The monoisotopic (exact) mass is 328 g/mol. The first-order valence-electron chi connectivity index (χ1n) is 8.11. The summed E-state index contributed by atoms with van der Waals surface area (Å²) in [6.07, 6.45) is 3.21. The number of nitrogens with one attached hydrogen (secondary N) is 2. The van der Waals surface area contributed by atoms with Crippen LogP contribution in [0.4, 0.5) is 4.79 Å². The van der Waals surface area contributed by atoms with Gasteiger partial charge in [-0.3, -0.25) is 0 Å². The lowest BCUT2D eigenvalue weighted by Gasteiger charge is -2.25. The van der Waals surface area contributed by atoms with Gasteiger partial charge in [0.2, 0.25) is 0 Å². The summed E-state index contributed by atoms with van der Waals surface area (Å²) in [5.74, 6) is 0.864. The van der Waals surface area contributed by atoms with E-state index in [0.29, 0.717) is 0 Å². The SMILES string of the molecule is CC1Oc2ccccc2C1NC(=O)NC1CCCc2sccc21. The number of para-hydroxylation sites is 1. The molecule has 4 nitrogen and oxygen atoms in total. The van der Waals surface area contributed by atoms with E-state index in [1.165, 1.54) is 10.4 Å². The third-order valence-electron chi connectivity index (χ3n) is 4.68. The van der Waals surface area contributed by atoms with Crippen molar-refractivity contribution < 1.29 is 9.53 Å². The molecule has 3 unspecified atom stereocenters. The normalized spacial score (nSPS) is 25.2. The topological polar surface area (TPSA) is 50.4 Å². The Morgan fingerprint density at radius 2 is 2.09 bits per heavy atom. The number of fused-ring (bicyclic) bond motifs is 2. The average molecular weight is 328 g/mol. The highest BCUT2D eigenvalue weighted by Gasteiger charge is 2.32. The maximum absolute atomic E-state index is 12.5. The minimum atomic E-state index is -0.119. The van der Waals surface area contributed by atoms with Crippen LogP contribution in [-0.2, 0) is 6.42 Å². The standard InChI is InChI=1S/C18H20N2O2S/c1-11-17(13-5-2-3-7-15(13)22-11)20-18(21)19-14-6-4-8-16-12(14)9-10-23-16/h2-3,5,7,9-11,14,17H,4,6,8H2,1H3,(H2,19,20,21). The molecule has 1 aliphatic heterocycles. The van der Waals surface area contributed by atoms with Crippen molar-refractivity contribution in [3.63, 3.8) is 0 Å². The molecule has 23 heavy (non-hydrogen) atoms. The Balaban J connectivity index is 1.46. The van der Waals surface area contributed by atoms with Gasteiger partial charge in [-0.1, -0.05) is 18.2 Å². The number of urea groups is 1. The molecule has 2 aromatic rings. The van der Waals surface area contributed by atoms with E-state index in [0.717, 1.165) is 30.6 Å². The fraction of sp³-hybridized carbons (Fsp3) is 0.389. The number of carbonyl (C=O) groups is 1. The first-order valence-corrected chi connectivity index (χ1v) is 8.99. The Labute approximate surface area is 139 Å². The molecular formula is C18H20N2O2S. The molecule has 1 aromatic heterocycles. The Bertz CT molecular complexity index is 727. The van der Waals surface area contributed by atoms with Gasteiger partial charge >= 0.3 is 6.03 Å². The molecule has 0 saturated carbocycles. The van der Waals surface area contributed by atoms with E-state index in [1.54, 1.807) is 11.3 Å². The van der Waals surface area contributed by atoms with Crippen molar-refractivity contribution in [3.8, 4) is 5.75 Å². The smallest absolute Gasteiger partial charge is 0.315 e. The molecule has 5 heteroatoms. The van der Waals surface area contributed by atoms with Crippen LogP contribution in [0.1, 0.15) is 47.9 Å². The van der Waals surface area contributed by atoms with Crippen LogP contribution >= 0.6 is 11.3 Å². The highest BCUT2D eigenvalue weighted by Crippen LogP contribution is 2.36. The Morgan fingerprint density at radius 3 is 3.00 bits per heavy atom. The molecule has 3 atom stereocenters. The quantitative estimate of drug-likeness (QED) is 0.877. The van der Waals surface area contributed by atoms with Gasteiger partial charge < -0.3 is 15.4 Å². The van der Waals surface area contributed by atoms with Crippen molar-refractivity contribution in [1.29, 1.82) is 0 Å². The lowest BCUT2D eigenvalue weighted by Crippen LogP contribution is -2.42. The zero-order valence-corrected chi connectivity index (χ0v) is 13.9. The van der Waals surface area contributed by atoms with Crippen molar-refractivity contribution in [2.24, 2.45) is 0 Å². The predicted octanol–water partition coefficient (Wildman–Crippen LogP) is 3.95. The fourth-order valence-corrected chi connectivity index (χ4v) is 4.53. The highest BCUT2D eigenvalue weighted by atomic mass is 32.1. The second kappa shape index (κ2) is 5.89. The second-order valence-electron chi connectivity index (χ2n) is 6.20. The van der Waals surface area contributed by atoms with E-state index in [1.807, 2.05) is 31.2 Å². The number of ether oxygens (including phenoxy) is 1. The number of thiophene rings is 1. The molecule has 2 aliphatic rings. The number of hydrogen-bond donors (Lipinski definition) is 2. The van der Waals surface area contributed by atoms with Gasteiger partial charge in [-0.25, -0.2) is 4.79 Å². The molecule has 0 spiro atoms. The van der Waals surface area contributed by atoms with Gasteiger partial charge in [0.25, 0.3) is 0 Å². The molecule has 1 aliphatic carbocycles. The summed E-state index contributed by atoms with van der Waals surface area (Å²) in [4.78, 5) is 13.9. The van der Waals surface area contributed by atoms with Crippen LogP contribution < -0.4 is 15.4 Å². The summed E-state index contributed by atoms with van der Waals surface area (Å²) in [5, 5.41) is 8.34. The predicted molar refractivity (Wildman–Crippen MR) is 90.9 cm³/mol. The van der Waals surface area contributed by atoms with Gasteiger partial charge in [0, 0.05) is 10.4 Å². The average Bonchev–Trinajstić information content (AvgIpc) is 3.13. The molecule has 0 bridgehead atoms. The van der Waals surface area contributed by atoms with Crippen molar-refractivity contribution in [2.75, 3.05) is 0 Å². The number of rotatable bonds is 2. The van der Waals surface area contributed by atoms with Crippen molar-refractivity contribution >= 4 is 17.4 Å². The Morgan fingerprint density at radius 1 is 1.22 bits per heavy atom. The summed E-state index contributed by atoms with van der Waals surface area (Å²) >= 11 is 1.79. The largest absolute Gasteiger partial charge is 0.488 e. The summed E-state index contributed by atoms with van der Waals surface area (Å²) in [5.41, 5.74) is 2.34. The van der Waals surface area contributed by atoms with E-state index in [9.17, 15) is 4.79 Å². The van der Waals surface area contributed by atoms with Crippen LogP contribution in [0, 0.1) is 0 Å². The number of carbonyl (C=O) groups excluding carboxylic acids is 1. The molecule has 0 saturated heterocycles. The number of benzene rings is 1. The zero-order chi connectivity index (χ0) is 15.8. The van der Waals surface area contributed by atoms with Gasteiger partial charge in [0.05, 0.1) is 12.1 Å². The van der Waals surface area contributed by atoms with Crippen LogP contribution in [-0.4, -0.2) is 12.1 Å². The lowest BCUT2D eigenvalue weighted by molar-refractivity contribution is 0.197. The Kier molecular flexibility index (Phi) is 3.73. The zero-order valence-electron chi connectivity index (χ0n) is 13.0. The molecular weight excluding hydrogens is 308 g/mol. The molecule has 0 fully saturated rings. The third-order valence-corrected chi connectivity index (χ3v) is 5.68. The molecule has 2 heterocycles. The minimum Gasteiger partial charge on any atom is -0.488 e. The maximum atomic E-state index is 12.5. The molecule has 2 N–H and O–H groups in total. The Hall–Kier alpha value is -2.01. The molecule has 1 aromatic carbocycles. The maximum Gasteiger partial charge on any atom is 0.315 e. The summed E-state index contributed by atoms with van der Waals surface area (Å²) < 4.78 is 5.81. The summed E-state index contributed by atoms with van der Waals surface area (Å²) in [7, 11) is 0. The third kappa shape index (κ3) is 2.70. The van der Waals surface area contributed by atoms with Gasteiger partial charge in [-0.2, -0.15) is 0 Å².